The van der Waals surface area contributed by atoms with Gasteiger partial charge in [-0.15, -0.1) is 0 Å². The summed E-state index contributed by atoms with van der Waals surface area (Å²) < 4.78 is 11.5. The maximum absolute atomic E-state index is 6.14. The molecule has 0 aromatic heterocycles. The minimum atomic E-state index is 0.313. The van der Waals surface area contributed by atoms with E-state index < -0.39 is 0 Å². The number of rotatable bonds is 4. The highest BCUT2D eigenvalue weighted by molar-refractivity contribution is 5.41. The highest BCUT2D eigenvalue weighted by Crippen LogP contribution is 2.33. The SMILES string of the molecule is CCC1CN(CC2CC2)Cc2cc(OC)ccc2O1. The molecule has 1 fully saturated rings. The van der Waals surface area contributed by atoms with Gasteiger partial charge in [-0.3, -0.25) is 4.90 Å². The summed E-state index contributed by atoms with van der Waals surface area (Å²) in [4.78, 5) is 2.55. The van der Waals surface area contributed by atoms with Gasteiger partial charge >= 0.3 is 0 Å². The molecule has 1 aliphatic heterocycles. The van der Waals surface area contributed by atoms with Crippen LogP contribution in [0.3, 0.4) is 0 Å². The van der Waals surface area contributed by atoms with Crippen LogP contribution in [0.25, 0.3) is 0 Å². The van der Waals surface area contributed by atoms with Gasteiger partial charge < -0.3 is 9.47 Å². The number of methoxy groups -OCH3 is 1. The molecule has 19 heavy (non-hydrogen) atoms. The maximum Gasteiger partial charge on any atom is 0.124 e. The normalized spacial score (nSPS) is 23.4. The van der Waals surface area contributed by atoms with E-state index in [1.165, 1.54) is 24.9 Å². The van der Waals surface area contributed by atoms with Crippen molar-refractivity contribution in [3.05, 3.63) is 23.8 Å². The zero-order valence-corrected chi connectivity index (χ0v) is 11.9. The summed E-state index contributed by atoms with van der Waals surface area (Å²) in [5.41, 5.74) is 1.26. The van der Waals surface area contributed by atoms with Crippen molar-refractivity contribution >= 4 is 0 Å². The molecule has 0 amide bonds. The van der Waals surface area contributed by atoms with Crippen LogP contribution in [0.4, 0.5) is 0 Å². The van der Waals surface area contributed by atoms with Crippen molar-refractivity contribution in [3.8, 4) is 11.5 Å². The van der Waals surface area contributed by atoms with Gasteiger partial charge in [-0.2, -0.15) is 0 Å². The Bertz CT molecular complexity index is 442. The second-order valence-electron chi connectivity index (χ2n) is 5.76. The summed E-state index contributed by atoms with van der Waals surface area (Å²) in [5.74, 6) is 2.87. The Morgan fingerprint density at radius 2 is 2.21 bits per heavy atom. The van der Waals surface area contributed by atoms with Crippen LogP contribution < -0.4 is 9.47 Å². The number of hydrogen-bond donors (Lipinski definition) is 0. The molecule has 1 heterocycles. The average molecular weight is 261 g/mol. The molecular weight excluding hydrogens is 238 g/mol. The Kier molecular flexibility index (Phi) is 3.65. The van der Waals surface area contributed by atoms with Crippen molar-refractivity contribution in [3.63, 3.8) is 0 Å². The van der Waals surface area contributed by atoms with E-state index in [-0.39, 0.29) is 0 Å². The molecule has 1 aromatic rings. The number of ether oxygens (including phenoxy) is 2. The number of hydrogen-bond acceptors (Lipinski definition) is 3. The lowest BCUT2D eigenvalue weighted by atomic mass is 10.1. The predicted molar refractivity (Wildman–Crippen MR) is 75.7 cm³/mol. The molecule has 1 aromatic carbocycles. The lowest BCUT2D eigenvalue weighted by Crippen LogP contribution is -2.33. The van der Waals surface area contributed by atoms with Crippen molar-refractivity contribution < 1.29 is 9.47 Å². The first-order valence-corrected chi connectivity index (χ1v) is 7.34. The Hall–Kier alpha value is -1.22. The molecule has 1 saturated carbocycles. The molecule has 3 nitrogen and oxygen atoms in total. The summed E-state index contributed by atoms with van der Waals surface area (Å²) in [5, 5.41) is 0. The van der Waals surface area contributed by atoms with Crippen molar-refractivity contribution in [2.75, 3.05) is 20.2 Å². The quantitative estimate of drug-likeness (QED) is 0.831. The lowest BCUT2D eigenvalue weighted by molar-refractivity contribution is 0.140. The van der Waals surface area contributed by atoms with Gasteiger partial charge in [0, 0.05) is 25.2 Å². The second kappa shape index (κ2) is 5.41. The van der Waals surface area contributed by atoms with E-state index in [1.807, 2.05) is 6.07 Å². The van der Waals surface area contributed by atoms with E-state index in [0.29, 0.717) is 6.10 Å². The van der Waals surface area contributed by atoms with Crippen LogP contribution in [-0.2, 0) is 6.54 Å². The largest absolute Gasteiger partial charge is 0.497 e. The third-order valence-electron chi connectivity index (χ3n) is 4.09. The van der Waals surface area contributed by atoms with E-state index >= 15 is 0 Å². The molecule has 0 saturated heterocycles. The summed E-state index contributed by atoms with van der Waals surface area (Å²) in [7, 11) is 1.72. The molecule has 0 radical (unpaired) electrons. The Labute approximate surface area is 115 Å². The summed E-state index contributed by atoms with van der Waals surface area (Å²) in [6.07, 6.45) is 4.18. The highest BCUT2D eigenvalue weighted by Gasteiger charge is 2.28. The van der Waals surface area contributed by atoms with E-state index in [2.05, 4.69) is 24.0 Å². The standard InChI is InChI=1S/C16H23NO2/c1-3-14-11-17(9-12-4-5-12)10-13-8-15(18-2)6-7-16(13)19-14/h6-8,12,14H,3-5,9-11H2,1-2H3. The first-order chi connectivity index (χ1) is 9.28. The minimum Gasteiger partial charge on any atom is -0.497 e. The van der Waals surface area contributed by atoms with Crippen molar-refractivity contribution in [1.82, 2.24) is 4.90 Å². The van der Waals surface area contributed by atoms with Crippen LogP contribution in [0.2, 0.25) is 0 Å². The van der Waals surface area contributed by atoms with Gasteiger partial charge in [-0.1, -0.05) is 6.92 Å². The molecule has 104 valence electrons. The third kappa shape index (κ3) is 3.03. The van der Waals surface area contributed by atoms with Crippen LogP contribution in [0, 0.1) is 5.92 Å². The van der Waals surface area contributed by atoms with Crippen LogP contribution in [0.5, 0.6) is 11.5 Å². The molecule has 2 aliphatic rings. The minimum absolute atomic E-state index is 0.313. The van der Waals surface area contributed by atoms with Gasteiger partial charge in [0.25, 0.3) is 0 Å². The predicted octanol–water partition coefficient (Wildman–Crippen LogP) is 3.08. The van der Waals surface area contributed by atoms with Crippen molar-refractivity contribution in [2.24, 2.45) is 5.92 Å². The molecular formula is C16H23NO2. The summed E-state index contributed by atoms with van der Waals surface area (Å²) in [6, 6.07) is 6.16. The second-order valence-corrected chi connectivity index (χ2v) is 5.76. The van der Waals surface area contributed by atoms with Crippen molar-refractivity contribution in [2.45, 2.75) is 38.8 Å². The van der Waals surface area contributed by atoms with E-state index in [9.17, 15) is 0 Å². The highest BCUT2D eigenvalue weighted by atomic mass is 16.5. The molecule has 0 bridgehead atoms. The van der Waals surface area contributed by atoms with E-state index in [4.69, 9.17) is 9.47 Å². The van der Waals surface area contributed by atoms with Crippen LogP contribution in [0.1, 0.15) is 31.7 Å². The monoisotopic (exact) mass is 261 g/mol. The maximum atomic E-state index is 6.14. The Morgan fingerprint density at radius 3 is 2.89 bits per heavy atom. The number of nitrogens with zero attached hydrogens (tertiary/aromatic N) is 1. The van der Waals surface area contributed by atoms with Crippen molar-refractivity contribution in [1.29, 1.82) is 0 Å². The average Bonchev–Trinajstić information content (AvgIpc) is 3.24. The molecule has 1 aliphatic carbocycles. The fourth-order valence-corrected chi connectivity index (χ4v) is 2.75. The topological polar surface area (TPSA) is 21.7 Å². The van der Waals surface area contributed by atoms with Crippen LogP contribution in [-0.4, -0.2) is 31.2 Å². The first-order valence-electron chi connectivity index (χ1n) is 7.34. The summed E-state index contributed by atoms with van der Waals surface area (Å²) >= 11 is 0. The molecule has 1 atom stereocenters. The molecule has 0 N–H and O–H groups in total. The van der Waals surface area contributed by atoms with E-state index in [1.54, 1.807) is 7.11 Å². The fourth-order valence-electron chi connectivity index (χ4n) is 2.75. The van der Waals surface area contributed by atoms with Gasteiger partial charge in [0.1, 0.15) is 17.6 Å². The number of benzene rings is 1. The van der Waals surface area contributed by atoms with Gasteiger partial charge in [-0.05, 0) is 43.4 Å². The molecule has 3 rings (SSSR count). The molecule has 0 spiro atoms. The van der Waals surface area contributed by atoms with Gasteiger partial charge in [-0.25, -0.2) is 0 Å². The van der Waals surface area contributed by atoms with Gasteiger partial charge in [0.15, 0.2) is 0 Å². The third-order valence-corrected chi connectivity index (χ3v) is 4.09. The molecule has 3 heteroatoms. The van der Waals surface area contributed by atoms with Gasteiger partial charge in [0.05, 0.1) is 7.11 Å². The van der Waals surface area contributed by atoms with Crippen LogP contribution >= 0.6 is 0 Å². The smallest absolute Gasteiger partial charge is 0.124 e. The summed E-state index contributed by atoms with van der Waals surface area (Å²) in [6.45, 7) is 5.45. The lowest BCUT2D eigenvalue weighted by Gasteiger charge is -2.22. The molecule has 1 unspecified atom stereocenters. The first kappa shape index (κ1) is 12.8. The Morgan fingerprint density at radius 1 is 1.37 bits per heavy atom. The van der Waals surface area contributed by atoms with Gasteiger partial charge in [0.2, 0.25) is 0 Å². The fraction of sp³-hybridized carbons (Fsp3) is 0.625. The zero-order chi connectivity index (χ0) is 13.2. The number of fused-ring (bicyclic) bond motifs is 1. The Balaban J connectivity index is 1.82. The van der Waals surface area contributed by atoms with E-state index in [0.717, 1.165) is 36.9 Å². The van der Waals surface area contributed by atoms with Crippen LogP contribution in [0.15, 0.2) is 18.2 Å². The zero-order valence-electron chi connectivity index (χ0n) is 11.9.